The van der Waals surface area contributed by atoms with Gasteiger partial charge in [0.25, 0.3) is 0 Å². The van der Waals surface area contributed by atoms with Crippen molar-refractivity contribution in [3.8, 4) is 11.4 Å². The number of aliphatic imine (C=N–C) groups is 1. The maximum atomic E-state index is 13.3. The number of alkyl halides is 1. The molecule has 2 aromatic carbocycles. The number of hydrogen-bond acceptors (Lipinski definition) is 8. The van der Waals surface area contributed by atoms with Crippen LogP contribution in [0.25, 0.3) is 16.7 Å². The fraction of sp³-hybridized carbons (Fsp3) is 0.500. The number of benzene rings is 2. The highest BCUT2D eigenvalue weighted by molar-refractivity contribution is 5.76. The van der Waals surface area contributed by atoms with E-state index >= 15 is 0 Å². The van der Waals surface area contributed by atoms with Gasteiger partial charge in [0.15, 0.2) is 5.96 Å². The smallest absolute Gasteiger partial charge is 0.354 e. The van der Waals surface area contributed by atoms with Crippen LogP contribution < -0.4 is 43.2 Å². The summed E-state index contributed by atoms with van der Waals surface area (Å²) >= 11 is 0. The Hall–Kier alpha value is -4.46. The highest BCUT2D eigenvalue weighted by atomic mass is 19.1. The summed E-state index contributed by atoms with van der Waals surface area (Å²) < 4.78 is 20.5. The molecule has 0 unspecified atom stereocenters. The third kappa shape index (κ3) is 11.8. The fourth-order valence-electron chi connectivity index (χ4n) is 5.46. The van der Waals surface area contributed by atoms with E-state index in [4.69, 9.17) is 21.9 Å². The van der Waals surface area contributed by atoms with Gasteiger partial charge in [0.05, 0.1) is 5.69 Å². The Morgan fingerprint density at radius 1 is 1.02 bits per heavy atom. The molecule has 1 fully saturated rings. The van der Waals surface area contributed by atoms with Gasteiger partial charge in [0.2, 0.25) is 0 Å². The van der Waals surface area contributed by atoms with Crippen molar-refractivity contribution in [1.29, 1.82) is 0 Å². The van der Waals surface area contributed by atoms with Gasteiger partial charge in [-0.1, -0.05) is 53.7 Å². The Labute approximate surface area is 301 Å². The Kier molecular flexibility index (Phi) is 13.6. The van der Waals surface area contributed by atoms with Crippen molar-refractivity contribution in [1.82, 2.24) is 25.2 Å². The minimum Gasteiger partial charge on any atom is -0.490 e. The minimum atomic E-state index is -1.12. The zero-order valence-electron chi connectivity index (χ0n) is 31.1. The summed E-state index contributed by atoms with van der Waals surface area (Å²) in [6.45, 7) is 19.0. The molecule has 4 aromatic rings. The average molecular weight is 705 g/mol. The van der Waals surface area contributed by atoms with E-state index in [1.165, 1.54) is 5.56 Å². The highest BCUT2D eigenvalue weighted by Gasteiger charge is 2.20. The number of ether oxygens (including phenoxy) is 1. The number of hydrogen-bond donors (Lipinski definition) is 6. The van der Waals surface area contributed by atoms with Crippen LogP contribution in [0.3, 0.4) is 0 Å². The molecule has 1 aliphatic heterocycles. The third-order valence-electron chi connectivity index (χ3n) is 8.59. The van der Waals surface area contributed by atoms with Crippen molar-refractivity contribution in [2.45, 2.75) is 71.5 Å². The molecule has 0 amide bonds. The summed E-state index contributed by atoms with van der Waals surface area (Å²) in [5.41, 5.74) is 21.5. The normalized spacial score (nSPS) is 14.2. The Bertz CT molecular complexity index is 1780. The maximum Gasteiger partial charge on any atom is 0.354 e. The van der Waals surface area contributed by atoms with Crippen LogP contribution >= 0.6 is 0 Å². The van der Waals surface area contributed by atoms with Crippen LogP contribution in [0.2, 0.25) is 0 Å². The molecule has 5 rings (SSSR count). The summed E-state index contributed by atoms with van der Waals surface area (Å²) in [4.78, 5) is 26.2. The van der Waals surface area contributed by atoms with Crippen molar-refractivity contribution in [3.63, 3.8) is 0 Å². The molecule has 1 aliphatic rings. The van der Waals surface area contributed by atoms with E-state index in [0.29, 0.717) is 12.2 Å². The number of aromatic amines is 1. The summed E-state index contributed by atoms with van der Waals surface area (Å²) in [5, 5.41) is 7.62. The molecular formula is C38H57FN10O2. The lowest BCUT2D eigenvalue weighted by molar-refractivity contribution is 0.201. The second-order valence-electron chi connectivity index (χ2n) is 15.0. The molecule has 1 atom stereocenters. The SMILES string of the molecule is CC(C)(C)c1cc(OC[C@H](F)CN)cc(N2CCNCC2)c1.CC(C)(C)c1cc2cn(-c3ccc(CNCCCN=C(N)N)cc3)c(=O)nc2[nH]1. The number of nitrogens with one attached hydrogen (secondary N) is 3. The van der Waals surface area contributed by atoms with Gasteiger partial charge in [-0.3, -0.25) is 9.56 Å². The van der Waals surface area contributed by atoms with Gasteiger partial charge in [-0.05, 0) is 59.8 Å². The number of H-pyrrole nitrogens is 1. The first-order valence-electron chi connectivity index (χ1n) is 17.7. The summed E-state index contributed by atoms with van der Waals surface area (Å²) in [7, 11) is 0. The van der Waals surface area contributed by atoms with E-state index in [-0.39, 0.29) is 35.6 Å². The monoisotopic (exact) mass is 704 g/mol. The molecule has 2 aromatic heterocycles. The van der Waals surface area contributed by atoms with E-state index in [9.17, 15) is 9.18 Å². The number of nitrogens with zero attached hydrogens (tertiary/aromatic N) is 4. The van der Waals surface area contributed by atoms with Gasteiger partial charge in [0.1, 0.15) is 24.2 Å². The largest absolute Gasteiger partial charge is 0.490 e. The molecule has 0 spiro atoms. The first-order chi connectivity index (χ1) is 24.1. The Morgan fingerprint density at radius 2 is 1.73 bits per heavy atom. The second kappa shape index (κ2) is 17.7. The number of fused-ring (bicyclic) bond motifs is 1. The number of guanidine groups is 1. The summed E-state index contributed by atoms with van der Waals surface area (Å²) in [6.07, 6.45) is 1.58. The van der Waals surface area contributed by atoms with E-state index < -0.39 is 6.17 Å². The van der Waals surface area contributed by atoms with E-state index in [1.807, 2.05) is 42.6 Å². The van der Waals surface area contributed by atoms with Crippen LogP contribution in [0.1, 0.15) is 64.8 Å². The molecule has 12 nitrogen and oxygen atoms in total. The molecule has 0 aliphatic carbocycles. The van der Waals surface area contributed by atoms with Crippen LogP contribution in [0.4, 0.5) is 10.1 Å². The van der Waals surface area contributed by atoms with E-state index in [1.54, 1.807) is 4.57 Å². The number of rotatable bonds is 12. The lowest BCUT2D eigenvalue weighted by Crippen LogP contribution is -2.43. The fourth-order valence-corrected chi connectivity index (χ4v) is 5.46. The van der Waals surface area contributed by atoms with Crippen molar-refractivity contribution in [3.05, 3.63) is 82.0 Å². The number of halogens is 1. The minimum absolute atomic E-state index is 0.00505. The number of nitrogens with two attached hydrogens (primary N) is 3. The van der Waals surface area contributed by atoms with Gasteiger partial charge in [0, 0.05) is 80.3 Å². The average Bonchev–Trinajstić information content (AvgIpc) is 3.52. The van der Waals surface area contributed by atoms with Gasteiger partial charge in [-0.15, -0.1) is 0 Å². The van der Waals surface area contributed by atoms with Crippen LogP contribution in [0.15, 0.2) is 64.5 Å². The van der Waals surface area contributed by atoms with Gasteiger partial charge < -0.3 is 42.5 Å². The van der Waals surface area contributed by atoms with Crippen molar-refractivity contribution in [2.24, 2.45) is 22.2 Å². The van der Waals surface area contributed by atoms with Crippen molar-refractivity contribution < 1.29 is 9.13 Å². The molecule has 9 N–H and O–H groups in total. The lowest BCUT2D eigenvalue weighted by Gasteiger charge is -2.31. The predicted octanol–water partition coefficient (Wildman–Crippen LogP) is 3.83. The van der Waals surface area contributed by atoms with Crippen LogP contribution in [-0.2, 0) is 17.4 Å². The summed E-state index contributed by atoms with van der Waals surface area (Å²) in [5.74, 6) is 0.842. The first-order valence-corrected chi connectivity index (χ1v) is 17.7. The van der Waals surface area contributed by atoms with Crippen LogP contribution in [-0.4, -0.2) is 79.1 Å². The van der Waals surface area contributed by atoms with Crippen LogP contribution in [0.5, 0.6) is 5.75 Å². The molecule has 0 saturated carbocycles. The Balaban J connectivity index is 0.000000238. The molecule has 3 heterocycles. The van der Waals surface area contributed by atoms with Gasteiger partial charge >= 0.3 is 5.69 Å². The van der Waals surface area contributed by atoms with E-state index in [2.05, 4.69) is 84.2 Å². The molecule has 51 heavy (non-hydrogen) atoms. The van der Waals surface area contributed by atoms with Crippen LogP contribution in [0, 0.1) is 0 Å². The highest BCUT2D eigenvalue weighted by Crippen LogP contribution is 2.32. The molecule has 278 valence electrons. The standard InChI is InChI=1S/C21H29N7O.C17H28FN3O/c1-21(2,3)17-11-15-13-28(20(29)27-18(15)26-17)16-7-5-14(6-8-16)12-24-9-4-10-25-19(22)23;1-17(2,3)13-8-15(21-6-4-20-5-7-21)10-16(9-13)22-12-14(18)11-19/h5-8,11,13,24H,4,9-10,12H2,1-3H3,(H4,22,23,25)(H,26,27,29);8-10,14,20H,4-7,11-12,19H2,1-3H3/t;14-/m.1/s1. The molecule has 13 heteroatoms. The Morgan fingerprint density at radius 3 is 2.35 bits per heavy atom. The predicted molar refractivity (Wildman–Crippen MR) is 207 cm³/mol. The zero-order valence-corrected chi connectivity index (χ0v) is 31.1. The third-order valence-corrected chi connectivity index (χ3v) is 8.59. The second-order valence-corrected chi connectivity index (χ2v) is 15.0. The number of piperazine rings is 1. The molecular weight excluding hydrogens is 647 g/mol. The molecule has 1 saturated heterocycles. The molecule has 0 bridgehead atoms. The maximum absolute atomic E-state index is 13.3. The topological polar surface area (TPSA) is 178 Å². The lowest BCUT2D eigenvalue weighted by atomic mass is 9.86. The van der Waals surface area contributed by atoms with E-state index in [0.717, 1.165) is 79.5 Å². The van der Waals surface area contributed by atoms with Crippen molar-refractivity contribution in [2.75, 3.05) is 57.3 Å². The van der Waals surface area contributed by atoms with Gasteiger partial charge in [-0.25, -0.2) is 9.18 Å². The van der Waals surface area contributed by atoms with Gasteiger partial charge in [-0.2, -0.15) is 4.98 Å². The zero-order chi connectivity index (χ0) is 37.2. The number of anilines is 1. The van der Waals surface area contributed by atoms with Crippen molar-refractivity contribution >= 4 is 22.7 Å². The summed E-state index contributed by atoms with van der Waals surface area (Å²) in [6, 6.07) is 16.2. The number of aromatic nitrogens is 3. The first kappa shape index (κ1) is 39.3. The molecule has 0 radical (unpaired) electrons. The quantitative estimate of drug-likeness (QED) is 0.0727.